The van der Waals surface area contributed by atoms with Gasteiger partial charge in [-0.2, -0.15) is 0 Å². The van der Waals surface area contributed by atoms with Crippen molar-refractivity contribution in [2.24, 2.45) is 5.92 Å². The second kappa shape index (κ2) is 17.5. The van der Waals surface area contributed by atoms with Crippen molar-refractivity contribution in [1.29, 1.82) is 0 Å². The van der Waals surface area contributed by atoms with Crippen LogP contribution < -0.4 is 15.4 Å². The van der Waals surface area contributed by atoms with Crippen LogP contribution >= 0.6 is 0 Å². The van der Waals surface area contributed by atoms with Gasteiger partial charge in [-0.3, -0.25) is 9.59 Å². The highest BCUT2D eigenvalue weighted by Gasteiger charge is 2.31. The lowest BCUT2D eigenvalue weighted by molar-refractivity contribution is -0.131. The number of benzene rings is 3. The second-order valence-electron chi connectivity index (χ2n) is 12.4. The number of likely N-dealkylation sites (N-methyl/N-ethyl adjacent to an activating group) is 1. The van der Waals surface area contributed by atoms with Crippen LogP contribution in [-0.2, 0) is 16.0 Å². The Morgan fingerprint density at radius 2 is 1.66 bits per heavy atom. The van der Waals surface area contributed by atoms with Crippen LogP contribution in [0.25, 0.3) is 0 Å². The van der Waals surface area contributed by atoms with Crippen molar-refractivity contribution >= 4 is 29.2 Å². The van der Waals surface area contributed by atoms with Crippen LogP contribution in [0.1, 0.15) is 56.0 Å². The van der Waals surface area contributed by atoms with Gasteiger partial charge in [0.2, 0.25) is 5.91 Å². The molecule has 0 saturated heterocycles. The normalized spacial score (nSPS) is 19.8. The minimum Gasteiger partial charge on any atom is -0.490 e. The van der Waals surface area contributed by atoms with Crippen LogP contribution in [0.4, 0.5) is 16.2 Å². The predicted octanol–water partition coefficient (Wildman–Crippen LogP) is 5.83. The number of amides is 4. The highest BCUT2D eigenvalue weighted by atomic mass is 16.5. The molecule has 47 heavy (non-hydrogen) atoms. The number of aliphatic hydroxyl groups excluding tert-OH is 1. The average molecular weight is 645 g/mol. The molecule has 10 heteroatoms. The van der Waals surface area contributed by atoms with E-state index in [-0.39, 0.29) is 48.7 Å². The molecule has 0 spiro atoms. The van der Waals surface area contributed by atoms with E-state index in [2.05, 4.69) is 10.6 Å². The fourth-order valence-corrected chi connectivity index (χ4v) is 5.56. The predicted molar refractivity (Wildman–Crippen MR) is 184 cm³/mol. The third kappa shape index (κ3) is 10.6. The summed E-state index contributed by atoms with van der Waals surface area (Å²) in [5.41, 5.74) is 2.29. The van der Waals surface area contributed by atoms with Gasteiger partial charge in [0.1, 0.15) is 5.75 Å². The number of nitrogens with one attached hydrogen (secondary N) is 2. The van der Waals surface area contributed by atoms with E-state index in [0.29, 0.717) is 36.7 Å². The molecule has 10 nitrogen and oxygen atoms in total. The van der Waals surface area contributed by atoms with E-state index in [4.69, 9.17) is 9.47 Å². The number of rotatable bonds is 8. The van der Waals surface area contributed by atoms with Crippen molar-refractivity contribution in [3.63, 3.8) is 0 Å². The van der Waals surface area contributed by atoms with E-state index in [1.54, 1.807) is 54.1 Å². The summed E-state index contributed by atoms with van der Waals surface area (Å²) in [6.45, 7) is 6.66. The van der Waals surface area contributed by atoms with Crippen molar-refractivity contribution in [1.82, 2.24) is 9.80 Å². The number of para-hydroxylation sites is 1. The van der Waals surface area contributed by atoms with Crippen LogP contribution in [-0.4, -0.2) is 84.4 Å². The summed E-state index contributed by atoms with van der Waals surface area (Å²) < 4.78 is 12.7. The van der Waals surface area contributed by atoms with Gasteiger partial charge < -0.3 is 35.0 Å². The molecule has 0 saturated carbocycles. The molecule has 3 aromatic carbocycles. The maximum Gasteiger partial charge on any atom is 0.323 e. The van der Waals surface area contributed by atoms with E-state index in [9.17, 15) is 19.5 Å². The van der Waals surface area contributed by atoms with Crippen LogP contribution in [0.15, 0.2) is 78.9 Å². The molecule has 1 heterocycles. The van der Waals surface area contributed by atoms with Gasteiger partial charge in [-0.15, -0.1) is 0 Å². The second-order valence-corrected chi connectivity index (χ2v) is 12.4. The summed E-state index contributed by atoms with van der Waals surface area (Å²) in [7, 11) is 1.78. The number of urea groups is 1. The number of ether oxygens (including phenoxy) is 2. The molecule has 4 rings (SSSR count). The van der Waals surface area contributed by atoms with Gasteiger partial charge in [-0.25, -0.2) is 4.79 Å². The molecule has 0 fully saturated rings. The molecule has 3 aromatic rings. The van der Waals surface area contributed by atoms with Crippen molar-refractivity contribution < 1.29 is 29.0 Å². The number of hydrogen-bond acceptors (Lipinski definition) is 6. The van der Waals surface area contributed by atoms with Gasteiger partial charge in [-0.1, -0.05) is 55.5 Å². The molecule has 252 valence electrons. The Bertz CT molecular complexity index is 1450. The number of anilines is 2. The number of nitrogens with zero attached hydrogens (tertiary/aromatic N) is 2. The first-order chi connectivity index (χ1) is 22.6. The van der Waals surface area contributed by atoms with Crippen molar-refractivity contribution in [2.75, 3.05) is 44.0 Å². The fraction of sp³-hybridized carbons (Fsp3) is 0.432. The molecular formula is C37H48N4O6. The van der Waals surface area contributed by atoms with E-state index in [0.717, 1.165) is 24.8 Å². The Balaban J connectivity index is 1.58. The van der Waals surface area contributed by atoms with Gasteiger partial charge in [-0.05, 0) is 69.0 Å². The van der Waals surface area contributed by atoms with E-state index >= 15 is 0 Å². The average Bonchev–Trinajstić information content (AvgIpc) is 3.06. The smallest absolute Gasteiger partial charge is 0.323 e. The third-order valence-corrected chi connectivity index (χ3v) is 8.42. The summed E-state index contributed by atoms with van der Waals surface area (Å²) in [6.07, 6.45) is 2.21. The molecule has 1 aliphatic rings. The van der Waals surface area contributed by atoms with E-state index < -0.39 is 12.1 Å². The molecule has 0 aromatic heterocycles. The molecule has 1 aliphatic heterocycles. The largest absolute Gasteiger partial charge is 0.490 e. The SMILES string of the molecule is C[C@H](CO)N1C[C@H](C)[C@@H](CN(C)C(=O)Cc2ccccc2)OCCCC[C@H](C)Oc2ccc(NC(=O)Nc3ccccc3)cc2C1=O. The van der Waals surface area contributed by atoms with Crippen molar-refractivity contribution in [3.05, 3.63) is 90.0 Å². The highest BCUT2D eigenvalue weighted by molar-refractivity contribution is 6.02. The van der Waals surface area contributed by atoms with Gasteiger partial charge in [0.05, 0.1) is 36.8 Å². The molecule has 0 unspecified atom stereocenters. The molecule has 4 amide bonds. The number of aliphatic hydroxyl groups is 1. The maximum atomic E-state index is 14.3. The molecule has 0 aliphatic carbocycles. The molecular weight excluding hydrogens is 596 g/mol. The van der Waals surface area contributed by atoms with Crippen molar-refractivity contribution in [3.8, 4) is 5.75 Å². The molecule has 0 bridgehead atoms. The lowest BCUT2D eigenvalue weighted by Gasteiger charge is -2.36. The zero-order chi connectivity index (χ0) is 33.8. The summed E-state index contributed by atoms with van der Waals surface area (Å²) in [5, 5.41) is 15.8. The fourth-order valence-electron chi connectivity index (χ4n) is 5.56. The monoisotopic (exact) mass is 644 g/mol. The van der Waals surface area contributed by atoms with Crippen molar-refractivity contribution in [2.45, 2.75) is 64.7 Å². The van der Waals surface area contributed by atoms with Crippen LogP contribution in [0, 0.1) is 5.92 Å². The number of carbonyl (C=O) groups excluding carboxylic acids is 3. The standard InChI is InChI=1S/C37H48N4O6/c1-26-23-41(27(2)25-42)36(44)32-22-31(39-37(45)38-30-16-9-6-10-17-30)18-19-33(32)47-28(3)13-11-12-20-46-34(26)24-40(4)35(43)21-29-14-7-5-8-15-29/h5-10,14-19,22,26-28,34,42H,11-13,20-21,23-25H2,1-4H3,(H2,38,39,45)/t26-,27+,28-,34+/m0/s1. The minimum atomic E-state index is -0.515. The maximum absolute atomic E-state index is 14.3. The van der Waals surface area contributed by atoms with E-state index in [1.165, 1.54) is 0 Å². The number of fused-ring (bicyclic) bond motifs is 1. The lowest BCUT2D eigenvalue weighted by atomic mass is 10.0. The molecule has 4 atom stereocenters. The Morgan fingerprint density at radius 1 is 0.979 bits per heavy atom. The zero-order valence-corrected chi connectivity index (χ0v) is 27.9. The summed E-state index contributed by atoms with van der Waals surface area (Å²) in [5.74, 6) is -0.115. The third-order valence-electron chi connectivity index (χ3n) is 8.42. The molecule has 0 radical (unpaired) electrons. The Kier molecular flexibility index (Phi) is 13.2. The number of carbonyl (C=O) groups is 3. The van der Waals surface area contributed by atoms with E-state index in [1.807, 2.05) is 62.4 Å². The quantitative estimate of drug-likeness (QED) is 0.284. The first kappa shape index (κ1) is 35.4. The first-order valence-electron chi connectivity index (χ1n) is 16.4. The Morgan fingerprint density at radius 3 is 2.36 bits per heavy atom. The minimum absolute atomic E-state index is 0.0145. The van der Waals surface area contributed by atoms with Crippen LogP contribution in [0.5, 0.6) is 5.75 Å². The summed E-state index contributed by atoms with van der Waals surface area (Å²) >= 11 is 0. The van der Waals surface area contributed by atoms with Gasteiger partial charge >= 0.3 is 6.03 Å². The van der Waals surface area contributed by atoms with Gasteiger partial charge in [0.25, 0.3) is 5.91 Å². The topological polar surface area (TPSA) is 120 Å². The summed E-state index contributed by atoms with van der Waals surface area (Å²) in [6, 6.07) is 22.8. The highest BCUT2D eigenvalue weighted by Crippen LogP contribution is 2.28. The zero-order valence-electron chi connectivity index (χ0n) is 27.9. The number of hydrogen-bond donors (Lipinski definition) is 3. The molecule has 3 N–H and O–H groups in total. The Hall–Kier alpha value is -4.41. The lowest BCUT2D eigenvalue weighted by Crippen LogP contribution is -2.48. The van der Waals surface area contributed by atoms with Crippen LogP contribution in [0.2, 0.25) is 0 Å². The first-order valence-corrected chi connectivity index (χ1v) is 16.4. The summed E-state index contributed by atoms with van der Waals surface area (Å²) in [4.78, 5) is 43.6. The van der Waals surface area contributed by atoms with Gasteiger partial charge in [0, 0.05) is 44.0 Å². The van der Waals surface area contributed by atoms with Gasteiger partial charge in [0.15, 0.2) is 0 Å². The van der Waals surface area contributed by atoms with Crippen LogP contribution in [0.3, 0.4) is 0 Å². The Labute approximate surface area is 278 Å².